The fraction of sp³-hybridized carbons (Fsp3) is 0.222. The lowest BCUT2D eigenvalue weighted by atomic mass is 9.55. The standard InChI is InChI=1S/C27H21NO4/c1-14-13-15(27(31)32-2)11-12-20(14)28-25(29)23-21-16-7-3-4-8-17(16)22(24(23)26(28)30)19-10-6-5-9-18(19)21/h3-13,21-24H,1-2H3/t21?,22?,23-,24+. The molecule has 0 aromatic heterocycles. The molecule has 3 aliphatic carbocycles. The smallest absolute Gasteiger partial charge is 0.337 e. The number of carbonyl (C=O) groups is 3. The van der Waals surface area contributed by atoms with Gasteiger partial charge in [-0.2, -0.15) is 0 Å². The molecule has 0 unspecified atom stereocenters. The zero-order chi connectivity index (χ0) is 22.1. The van der Waals surface area contributed by atoms with Gasteiger partial charge in [0.05, 0.1) is 30.2 Å². The van der Waals surface area contributed by atoms with E-state index in [4.69, 9.17) is 4.74 Å². The molecule has 1 fully saturated rings. The first-order valence-corrected chi connectivity index (χ1v) is 10.8. The molecule has 3 aromatic carbocycles. The van der Waals surface area contributed by atoms with E-state index in [1.807, 2.05) is 31.2 Å². The Balaban J connectivity index is 1.50. The maximum Gasteiger partial charge on any atom is 0.337 e. The number of ether oxygens (including phenoxy) is 1. The van der Waals surface area contributed by atoms with E-state index in [9.17, 15) is 14.4 Å². The van der Waals surface area contributed by atoms with Crippen LogP contribution in [0.4, 0.5) is 5.69 Å². The van der Waals surface area contributed by atoms with Crippen molar-refractivity contribution in [2.45, 2.75) is 18.8 Å². The molecule has 2 atom stereocenters. The van der Waals surface area contributed by atoms with Crippen LogP contribution >= 0.6 is 0 Å². The summed E-state index contributed by atoms with van der Waals surface area (Å²) in [6.07, 6.45) is 0. The molecule has 2 bridgehead atoms. The van der Waals surface area contributed by atoms with Gasteiger partial charge in [0.2, 0.25) is 11.8 Å². The van der Waals surface area contributed by atoms with Crippen LogP contribution in [-0.4, -0.2) is 24.9 Å². The van der Waals surface area contributed by atoms with Crippen LogP contribution in [0.5, 0.6) is 0 Å². The van der Waals surface area contributed by atoms with Crippen LogP contribution in [0.15, 0.2) is 66.7 Å². The second kappa shape index (κ2) is 6.63. The summed E-state index contributed by atoms with van der Waals surface area (Å²) in [4.78, 5) is 40.9. The molecule has 0 saturated carbocycles. The Kier molecular flexibility index (Phi) is 3.94. The van der Waals surface area contributed by atoms with Gasteiger partial charge in [0.15, 0.2) is 0 Å². The minimum absolute atomic E-state index is 0.131. The topological polar surface area (TPSA) is 63.7 Å². The Morgan fingerprint density at radius 3 is 1.66 bits per heavy atom. The van der Waals surface area contributed by atoms with Gasteiger partial charge < -0.3 is 4.74 Å². The van der Waals surface area contributed by atoms with Crippen molar-refractivity contribution in [2.24, 2.45) is 11.8 Å². The SMILES string of the molecule is COC(=O)c1ccc(N2C(=O)[C@@H]3C4c5ccccc5C(c5ccccc54)[C@@H]3C2=O)c(C)c1. The van der Waals surface area contributed by atoms with E-state index < -0.39 is 17.8 Å². The number of benzene rings is 3. The van der Waals surface area contributed by atoms with Crippen LogP contribution in [0, 0.1) is 18.8 Å². The lowest BCUT2D eigenvalue weighted by Gasteiger charge is -2.45. The molecule has 1 saturated heterocycles. The van der Waals surface area contributed by atoms with Crippen molar-refractivity contribution in [3.8, 4) is 0 Å². The van der Waals surface area contributed by atoms with Gasteiger partial charge in [0, 0.05) is 11.8 Å². The fourth-order valence-corrected chi connectivity index (χ4v) is 6.07. The molecule has 2 amide bonds. The van der Waals surface area contributed by atoms with Crippen molar-refractivity contribution in [1.29, 1.82) is 0 Å². The van der Waals surface area contributed by atoms with E-state index in [0.29, 0.717) is 16.8 Å². The molecule has 0 N–H and O–H groups in total. The summed E-state index contributed by atoms with van der Waals surface area (Å²) in [6, 6.07) is 21.3. The number of esters is 1. The van der Waals surface area contributed by atoms with Crippen molar-refractivity contribution < 1.29 is 19.1 Å². The quantitative estimate of drug-likeness (QED) is 0.458. The average Bonchev–Trinajstić information content (AvgIpc) is 3.09. The Hall–Kier alpha value is -3.73. The number of anilines is 1. The normalized spacial score (nSPS) is 24.8. The van der Waals surface area contributed by atoms with E-state index in [1.165, 1.54) is 12.0 Å². The van der Waals surface area contributed by atoms with Gasteiger partial charge in [-0.3, -0.25) is 9.59 Å². The maximum atomic E-state index is 13.8. The zero-order valence-corrected chi connectivity index (χ0v) is 17.7. The maximum absolute atomic E-state index is 13.8. The predicted octanol–water partition coefficient (Wildman–Crippen LogP) is 4.18. The van der Waals surface area contributed by atoms with E-state index in [1.54, 1.807) is 18.2 Å². The number of hydrogen-bond donors (Lipinski definition) is 0. The van der Waals surface area contributed by atoms with Crippen LogP contribution in [0.2, 0.25) is 0 Å². The number of hydrogen-bond acceptors (Lipinski definition) is 4. The minimum Gasteiger partial charge on any atom is -0.465 e. The molecular formula is C27H21NO4. The first kappa shape index (κ1) is 19.0. The predicted molar refractivity (Wildman–Crippen MR) is 119 cm³/mol. The molecule has 1 aliphatic heterocycles. The number of nitrogens with zero attached hydrogens (tertiary/aromatic N) is 1. The molecule has 158 valence electrons. The van der Waals surface area contributed by atoms with Crippen LogP contribution in [0.3, 0.4) is 0 Å². The van der Waals surface area contributed by atoms with Crippen LogP contribution in [0.25, 0.3) is 0 Å². The summed E-state index contributed by atoms with van der Waals surface area (Å²) in [7, 11) is 1.33. The Morgan fingerprint density at radius 2 is 1.25 bits per heavy atom. The van der Waals surface area contributed by atoms with Crippen LogP contribution in [-0.2, 0) is 14.3 Å². The minimum atomic E-state index is -0.448. The highest BCUT2D eigenvalue weighted by Crippen LogP contribution is 2.61. The highest BCUT2D eigenvalue weighted by molar-refractivity contribution is 6.23. The summed E-state index contributed by atoms with van der Waals surface area (Å²) < 4.78 is 4.80. The summed E-state index contributed by atoms with van der Waals surface area (Å²) in [5.41, 5.74) is 6.23. The van der Waals surface area contributed by atoms with Crippen LogP contribution < -0.4 is 4.90 Å². The van der Waals surface area contributed by atoms with Gasteiger partial charge in [-0.15, -0.1) is 0 Å². The third-order valence-electron chi connectivity index (χ3n) is 7.31. The third-order valence-corrected chi connectivity index (χ3v) is 7.31. The van der Waals surface area contributed by atoms with Crippen molar-refractivity contribution in [3.05, 3.63) is 100 Å². The van der Waals surface area contributed by atoms with Gasteiger partial charge in [-0.1, -0.05) is 48.5 Å². The molecule has 7 rings (SSSR count). The summed E-state index contributed by atoms with van der Waals surface area (Å²) in [6.45, 7) is 1.81. The van der Waals surface area contributed by atoms with E-state index in [-0.39, 0.29) is 23.7 Å². The van der Waals surface area contributed by atoms with E-state index >= 15 is 0 Å². The summed E-state index contributed by atoms with van der Waals surface area (Å²) >= 11 is 0. The number of aryl methyl sites for hydroxylation is 1. The van der Waals surface area contributed by atoms with Crippen molar-refractivity contribution in [1.82, 2.24) is 0 Å². The highest BCUT2D eigenvalue weighted by atomic mass is 16.5. The molecule has 32 heavy (non-hydrogen) atoms. The molecule has 4 aliphatic rings. The number of carbonyl (C=O) groups excluding carboxylic acids is 3. The molecule has 0 spiro atoms. The second-order valence-electron chi connectivity index (χ2n) is 8.77. The highest BCUT2D eigenvalue weighted by Gasteiger charge is 2.61. The summed E-state index contributed by atoms with van der Waals surface area (Å²) in [5, 5.41) is 0. The first-order valence-electron chi connectivity index (χ1n) is 10.8. The zero-order valence-electron chi connectivity index (χ0n) is 17.7. The third kappa shape index (κ3) is 2.31. The number of imide groups is 1. The number of rotatable bonds is 2. The van der Waals surface area contributed by atoms with E-state index in [0.717, 1.165) is 22.3 Å². The largest absolute Gasteiger partial charge is 0.465 e. The lowest BCUT2D eigenvalue weighted by Crippen LogP contribution is -2.41. The summed E-state index contributed by atoms with van der Waals surface area (Å²) in [5.74, 6) is -1.87. The second-order valence-corrected chi connectivity index (χ2v) is 8.77. The van der Waals surface area contributed by atoms with Crippen molar-refractivity contribution in [3.63, 3.8) is 0 Å². The van der Waals surface area contributed by atoms with E-state index in [2.05, 4.69) is 24.3 Å². The van der Waals surface area contributed by atoms with Gasteiger partial charge in [0.1, 0.15) is 0 Å². The number of methoxy groups -OCH3 is 1. The lowest BCUT2D eigenvalue weighted by molar-refractivity contribution is -0.122. The fourth-order valence-electron chi connectivity index (χ4n) is 6.07. The molecule has 0 radical (unpaired) electrons. The van der Waals surface area contributed by atoms with Gasteiger partial charge in [0.25, 0.3) is 0 Å². The van der Waals surface area contributed by atoms with Crippen molar-refractivity contribution >= 4 is 23.5 Å². The molecule has 5 nitrogen and oxygen atoms in total. The van der Waals surface area contributed by atoms with Crippen LogP contribution in [0.1, 0.15) is 50.0 Å². The molecular weight excluding hydrogens is 402 g/mol. The van der Waals surface area contributed by atoms with Gasteiger partial charge >= 0.3 is 5.97 Å². The van der Waals surface area contributed by atoms with Crippen molar-refractivity contribution in [2.75, 3.05) is 12.0 Å². The molecule has 5 heteroatoms. The molecule has 1 heterocycles. The Bertz CT molecular complexity index is 1210. The first-order chi connectivity index (χ1) is 15.5. The Labute approximate surface area is 185 Å². The number of amides is 2. The van der Waals surface area contributed by atoms with Gasteiger partial charge in [-0.25, -0.2) is 9.69 Å². The monoisotopic (exact) mass is 423 g/mol. The Morgan fingerprint density at radius 1 is 0.781 bits per heavy atom. The van der Waals surface area contributed by atoms with Gasteiger partial charge in [-0.05, 0) is 52.9 Å². The average molecular weight is 423 g/mol. The molecule has 3 aromatic rings.